The largest absolute Gasteiger partial charge is 0.507 e. The number of phenols is 1. The Kier molecular flexibility index (Phi) is 4.13. The molecular weight excluding hydrogens is 188 g/mol. The molecule has 0 heterocycles. The summed E-state index contributed by atoms with van der Waals surface area (Å²) in [5.41, 5.74) is 2.41. The van der Waals surface area contributed by atoms with Crippen molar-refractivity contribution in [1.82, 2.24) is 0 Å². The Morgan fingerprint density at radius 3 is 1.87 bits per heavy atom. The summed E-state index contributed by atoms with van der Waals surface area (Å²) in [6, 6.07) is 3.59. The molecule has 0 unspecified atom stereocenters. The molecule has 0 aliphatic carbocycles. The lowest BCUT2D eigenvalue weighted by Crippen LogP contribution is -1.94. The van der Waals surface area contributed by atoms with Crippen LogP contribution in [0, 0.1) is 0 Å². The number of allylic oxidation sites excluding steroid dienone is 2. The number of phenolic OH excluding ortho intramolecular Hbond substituents is 1. The maximum Gasteiger partial charge on any atom is 0.122 e. The minimum Gasteiger partial charge on any atom is -0.507 e. The first kappa shape index (κ1) is 11.5. The van der Waals surface area contributed by atoms with Gasteiger partial charge in [-0.05, 0) is 41.7 Å². The fraction of sp³-hybridized carbons (Fsp3) is 0.231. The van der Waals surface area contributed by atoms with Crippen LogP contribution in [0.4, 0.5) is 0 Å². The first-order valence-corrected chi connectivity index (χ1v) is 4.89. The first-order chi connectivity index (χ1) is 7.22. The van der Waals surface area contributed by atoms with E-state index in [1.54, 1.807) is 24.3 Å². The Balaban J connectivity index is 3.19. The first-order valence-electron chi connectivity index (χ1n) is 4.89. The van der Waals surface area contributed by atoms with Crippen molar-refractivity contribution >= 4 is 0 Å². The van der Waals surface area contributed by atoms with Crippen LogP contribution in [0.1, 0.15) is 16.7 Å². The molecule has 0 aliphatic rings. The molecule has 0 fully saturated rings. The summed E-state index contributed by atoms with van der Waals surface area (Å²) in [7, 11) is 0. The third-order valence-corrected chi connectivity index (χ3v) is 2.24. The van der Waals surface area contributed by atoms with Gasteiger partial charge in [-0.1, -0.05) is 12.2 Å². The highest BCUT2D eigenvalue weighted by molar-refractivity contribution is 5.45. The minimum absolute atomic E-state index is 0.0193. The van der Waals surface area contributed by atoms with Crippen molar-refractivity contribution in [2.24, 2.45) is 0 Å². The number of aliphatic hydroxyl groups is 1. The molecular formula is C13H16O2. The van der Waals surface area contributed by atoms with Gasteiger partial charge in [0.1, 0.15) is 5.75 Å². The van der Waals surface area contributed by atoms with Crippen LogP contribution < -0.4 is 0 Å². The van der Waals surface area contributed by atoms with Gasteiger partial charge in [0.15, 0.2) is 0 Å². The Labute approximate surface area is 90.2 Å². The van der Waals surface area contributed by atoms with Gasteiger partial charge in [-0.15, -0.1) is 13.2 Å². The van der Waals surface area contributed by atoms with Crippen LogP contribution in [0.2, 0.25) is 0 Å². The second-order valence-corrected chi connectivity index (χ2v) is 3.41. The Morgan fingerprint density at radius 2 is 1.53 bits per heavy atom. The smallest absolute Gasteiger partial charge is 0.122 e. The Hall–Kier alpha value is -1.54. The molecule has 1 rings (SSSR count). The van der Waals surface area contributed by atoms with E-state index < -0.39 is 0 Å². The predicted octanol–water partition coefficient (Wildman–Crippen LogP) is 2.34. The molecule has 0 saturated carbocycles. The van der Waals surface area contributed by atoms with Crippen molar-refractivity contribution in [3.63, 3.8) is 0 Å². The summed E-state index contributed by atoms with van der Waals surface area (Å²) < 4.78 is 0. The van der Waals surface area contributed by atoms with Gasteiger partial charge < -0.3 is 10.2 Å². The van der Waals surface area contributed by atoms with Crippen LogP contribution in [-0.4, -0.2) is 10.2 Å². The average molecular weight is 204 g/mol. The van der Waals surface area contributed by atoms with Gasteiger partial charge in [0.05, 0.1) is 6.61 Å². The van der Waals surface area contributed by atoms with Gasteiger partial charge in [-0.3, -0.25) is 0 Å². The molecule has 0 saturated heterocycles. The zero-order chi connectivity index (χ0) is 11.3. The molecule has 1 aromatic rings. The fourth-order valence-electron chi connectivity index (χ4n) is 1.55. The molecule has 15 heavy (non-hydrogen) atoms. The maximum absolute atomic E-state index is 9.89. The molecule has 2 heteroatoms. The standard InChI is InChI=1S/C13H16O2/c1-3-5-11-7-10(9-14)8-12(6-4-2)13(11)15/h3-4,7-8,14-15H,1-2,5-6,9H2. The van der Waals surface area contributed by atoms with E-state index in [-0.39, 0.29) is 12.4 Å². The lowest BCUT2D eigenvalue weighted by Gasteiger charge is -2.09. The van der Waals surface area contributed by atoms with E-state index in [1.807, 2.05) is 0 Å². The van der Waals surface area contributed by atoms with Gasteiger partial charge in [0.2, 0.25) is 0 Å². The topological polar surface area (TPSA) is 40.5 Å². The van der Waals surface area contributed by atoms with E-state index in [4.69, 9.17) is 5.11 Å². The number of aliphatic hydroxyl groups excluding tert-OH is 1. The van der Waals surface area contributed by atoms with Crippen molar-refractivity contribution in [3.05, 3.63) is 54.1 Å². The lowest BCUT2D eigenvalue weighted by molar-refractivity contribution is 0.281. The van der Waals surface area contributed by atoms with Crippen molar-refractivity contribution in [1.29, 1.82) is 0 Å². The molecule has 0 radical (unpaired) electrons. The normalized spacial score (nSPS) is 9.93. The number of benzene rings is 1. The van der Waals surface area contributed by atoms with Crippen molar-refractivity contribution in [2.45, 2.75) is 19.4 Å². The fourth-order valence-corrected chi connectivity index (χ4v) is 1.55. The third-order valence-electron chi connectivity index (χ3n) is 2.24. The molecule has 0 aliphatic heterocycles. The quantitative estimate of drug-likeness (QED) is 0.723. The second kappa shape index (κ2) is 5.37. The van der Waals surface area contributed by atoms with Crippen molar-refractivity contribution in [3.8, 4) is 5.75 Å². The van der Waals surface area contributed by atoms with E-state index in [9.17, 15) is 5.11 Å². The molecule has 0 aromatic heterocycles. The molecule has 1 aromatic carbocycles. The number of rotatable bonds is 5. The van der Waals surface area contributed by atoms with Gasteiger partial charge in [0.25, 0.3) is 0 Å². The Morgan fingerprint density at radius 1 is 1.07 bits per heavy atom. The third kappa shape index (κ3) is 2.70. The summed E-state index contributed by atoms with van der Waals surface area (Å²) in [5, 5.41) is 19.0. The highest BCUT2D eigenvalue weighted by atomic mass is 16.3. The van der Waals surface area contributed by atoms with Gasteiger partial charge in [-0.25, -0.2) is 0 Å². The second-order valence-electron chi connectivity index (χ2n) is 3.41. The molecule has 0 bridgehead atoms. The summed E-state index contributed by atoms with van der Waals surface area (Å²) in [5.74, 6) is 0.284. The average Bonchev–Trinajstić information content (AvgIpc) is 2.24. The van der Waals surface area contributed by atoms with E-state index in [2.05, 4.69) is 13.2 Å². The van der Waals surface area contributed by atoms with Crippen LogP contribution in [0.3, 0.4) is 0 Å². The highest BCUT2D eigenvalue weighted by Gasteiger charge is 2.07. The SMILES string of the molecule is C=CCc1cc(CO)cc(CC=C)c1O. The van der Waals surface area contributed by atoms with Gasteiger partial charge in [0, 0.05) is 0 Å². The number of hydrogen-bond acceptors (Lipinski definition) is 2. The molecule has 2 N–H and O–H groups in total. The molecule has 0 atom stereocenters. The predicted molar refractivity (Wildman–Crippen MR) is 61.8 cm³/mol. The number of aromatic hydroxyl groups is 1. The summed E-state index contributed by atoms with van der Waals surface area (Å²) in [6.07, 6.45) is 4.66. The van der Waals surface area contributed by atoms with Gasteiger partial charge in [-0.2, -0.15) is 0 Å². The van der Waals surface area contributed by atoms with E-state index in [0.29, 0.717) is 12.8 Å². The van der Waals surface area contributed by atoms with E-state index in [1.165, 1.54) is 0 Å². The summed E-state index contributed by atoms with van der Waals surface area (Å²) in [6.45, 7) is 7.25. The van der Waals surface area contributed by atoms with Crippen LogP contribution in [0.15, 0.2) is 37.4 Å². The lowest BCUT2D eigenvalue weighted by atomic mass is 10.00. The van der Waals surface area contributed by atoms with Crippen LogP contribution >= 0.6 is 0 Å². The molecule has 80 valence electrons. The number of hydrogen-bond donors (Lipinski definition) is 2. The van der Waals surface area contributed by atoms with Crippen LogP contribution in [-0.2, 0) is 19.4 Å². The van der Waals surface area contributed by atoms with Crippen LogP contribution in [0.25, 0.3) is 0 Å². The Bertz CT molecular complexity index is 336. The monoisotopic (exact) mass is 204 g/mol. The zero-order valence-corrected chi connectivity index (χ0v) is 8.74. The van der Waals surface area contributed by atoms with Gasteiger partial charge >= 0.3 is 0 Å². The van der Waals surface area contributed by atoms with Crippen LogP contribution in [0.5, 0.6) is 5.75 Å². The minimum atomic E-state index is -0.0193. The molecule has 0 spiro atoms. The van der Waals surface area contributed by atoms with Crippen molar-refractivity contribution in [2.75, 3.05) is 0 Å². The van der Waals surface area contributed by atoms with Crippen molar-refractivity contribution < 1.29 is 10.2 Å². The highest BCUT2D eigenvalue weighted by Crippen LogP contribution is 2.26. The summed E-state index contributed by atoms with van der Waals surface area (Å²) >= 11 is 0. The van der Waals surface area contributed by atoms with E-state index in [0.717, 1.165) is 16.7 Å². The van der Waals surface area contributed by atoms with E-state index >= 15 is 0 Å². The maximum atomic E-state index is 9.89. The molecule has 0 amide bonds. The zero-order valence-electron chi connectivity index (χ0n) is 8.74. The molecule has 2 nitrogen and oxygen atoms in total. The summed E-state index contributed by atoms with van der Waals surface area (Å²) in [4.78, 5) is 0.